The first-order valence-corrected chi connectivity index (χ1v) is 10.8. The first kappa shape index (κ1) is 21.4. The third kappa shape index (κ3) is 4.50. The number of nitrogens with zero attached hydrogens (tertiary/aromatic N) is 2. The molecule has 0 saturated carbocycles. The molecule has 7 nitrogen and oxygen atoms in total. The average molecular weight is 397 g/mol. The zero-order chi connectivity index (χ0) is 20.5. The summed E-state index contributed by atoms with van der Waals surface area (Å²) in [5.41, 5.74) is 5.51. The molecule has 1 aromatic rings. The maximum Gasteiger partial charge on any atom is 0.339 e. The second-order valence-corrected chi connectivity index (χ2v) is 9.10. The van der Waals surface area contributed by atoms with Crippen LogP contribution in [0.3, 0.4) is 0 Å². The minimum absolute atomic E-state index is 0.257. The standard InChI is InChI=1S/C19H28N2O5S/c1-12-13(2)15(4)18(16(5)14(12)3)19(23)26-11-17(22)20-7-9-21(10-8-20)27(6,24)25/h7-11H2,1-6H3. The first-order valence-electron chi connectivity index (χ1n) is 8.92. The Labute approximate surface area is 161 Å². The predicted molar refractivity (Wildman–Crippen MR) is 103 cm³/mol. The van der Waals surface area contributed by atoms with Crippen molar-refractivity contribution in [2.24, 2.45) is 0 Å². The number of hydrogen-bond donors (Lipinski definition) is 0. The molecular weight excluding hydrogens is 368 g/mol. The van der Waals surface area contributed by atoms with E-state index in [1.165, 1.54) is 9.21 Å². The Balaban J connectivity index is 2.02. The van der Waals surface area contributed by atoms with Gasteiger partial charge in [-0.1, -0.05) is 0 Å². The number of benzene rings is 1. The number of sulfonamides is 1. The highest BCUT2D eigenvalue weighted by Gasteiger charge is 2.27. The van der Waals surface area contributed by atoms with Gasteiger partial charge in [0, 0.05) is 26.2 Å². The van der Waals surface area contributed by atoms with Crippen LogP contribution in [0.25, 0.3) is 0 Å². The quantitative estimate of drug-likeness (QED) is 0.720. The summed E-state index contributed by atoms with van der Waals surface area (Å²) in [5, 5.41) is 0. The highest BCUT2D eigenvalue weighted by atomic mass is 32.2. The van der Waals surface area contributed by atoms with Crippen LogP contribution in [-0.4, -0.2) is 68.5 Å². The van der Waals surface area contributed by atoms with Crippen LogP contribution >= 0.6 is 0 Å². The number of amides is 1. The van der Waals surface area contributed by atoms with E-state index in [1.54, 1.807) is 0 Å². The number of ether oxygens (including phenoxy) is 1. The van der Waals surface area contributed by atoms with Gasteiger partial charge in [-0.05, 0) is 62.4 Å². The summed E-state index contributed by atoms with van der Waals surface area (Å²) >= 11 is 0. The summed E-state index contributed by atoms with van der Waals surface area (Å²) in [7, 11) is -3.25. The Kier molecular flexibility index (Phi) is 6.32. The van der Waals surface area contributed by atoms with Gasteiger partial charge in [0.1, 0.15) is 0 Å². The average Bonchev–Trinajstić information content (AvgIpc) is 2.62. The van der Waals surface area contributed by atoms with Gasteiger partial charge in [-0.3, -0.25) is 4.79 Å². The van der Waals surface area contributed by atoms with E-state index >= 15 is 0 Å². The van der Waals surface area contributed by atoms with Crippen molar-refractivity contribution >= 4 is 21.9 Å². The minimum atomic E-state index is -3.25. The SMILES string of the molecule is Cc1c(C)c(C)c(C(=O)OCC(=O)N2CCN(S(C)(=O)=O)CC2)c(C)c1C. The zero-order valence-corrected chi connectivity index (χ0v) is 17.7. The summed E-state index contributed by atoms with van der Waals surface area (Å²) < 4.78 is 29.7. The fraction of sp³-hybridized carbons (Fsp3) is 0.579. The molecule has 1 aliphatic rings. The molecule has 1 amide bonds. The second-order valence-electron chi connectivity index (χ2n) is 7.12. The van der Waals surface area contributed by atoms with Crippen LogP contribution in [0, 0.1) is 34.6 Å². The maximum absolute atomic E-state index is 12.6. The van der Waals surface area contributed by atoms with Gasteiger partial charge >= 0.3 is 5.97 Å². The van der Waals surface area contributed by atoms with E-state index in [1.807, 2.05) is 34.6 Å². The van der Waals surface area contributed by atoms with Gasteiger partial charge in [-0.15, -0.1) is 0 Å². The lowest BCUT2D eigenvalue weighted by molar-refractivity contribution is -0.135. The number of carbonyl (C=O) groups is 2. The summed E-state index contributed by atoms with van der Waals surface area (Å²) in [6.45, 7) is 10.5. The maximum atomic E-state index is 12.6. The molecule has 1 saturated heterocycles. The van der Waals surface area contributed by atoms with E-state index in [9.17, 15) is 18.0 Å². The molecule has 0 aromatic heterocycles. The zero-order valence-electron chi connectivity index (χ0n) is 16.9. The van der Waals surface area contributed by atoms with Gasteiger partial charge < -0.3 is 9.64 Å². The topological polar surface area (TPSA) is 84.0 Å². The van der Waals surface area contributed by atoms with Gasteiger partial charge in [0.15, 0.2) is 6.61 Å². The Hall–Kier alpha value is -1.93. The highest BCUT2D eigenvalue weighted by molar-refractivity contribution is 7.88. The molecule has 8 heteroatoms. The van der Waals surface area contributed by atoms with Crippen molar-refractivity contribution in [2.75, 3.05) is 39.0 Å². The molecule has 1 heterocycles. The highest BCUT2D eigenvalue weighted by Crippen LogP contribution is 2.26. The smallest absolute Gasteiger partial charge is 0.339 e. The Morgan fingerprint density at radius 3 is 1.74 bits per heavy atom. The minimum Gasteiger partial charge on any atom is -0.452 e. The number of carbonyl (C=O) groups excluding carboxylic acids is 2. The Bertz CT molecular complexity index is 840. The molecule has 1 aliphatic heterocycles. The van der Waals surface area contributed by atoms with Crippen molar-refractivity contribution < 1.29 is 22.7 Å². The number of hydrogen-bond acceptors (Lipinski definition) is 5. The Morgan fingerprint density at radius 1 is 0.852 bits per heavy atom. The lowest BCUT2D eigenvalue weighted by atomic mass is 9.90. The van der Waals surface area contributed by atoms with Crippen LogP contribution in [0.4, 0.5) is 0 Å². The molecule has 0 aliphatic carbocycles. The van der Waals surface area contributed by atoms with Crippen molar-refractivity contribution in [2.45, 2.75) is 34.6 Å². The van der Waals surface area contributed by atoms with Crippen molar-refractivity contribution in [1.29, 1.82) is 0 Å². The van der Waals surface area contributed by atoms with Crippen LogP contribution in [-0.2, 0) is 19.6 Å². The van der Waals surface area contributed by atoms with Gasteiger partial charge in [0.2, 0.25) is 10.0 Å². The molecule has 0 unspecified atom stereocenters. The first-order chi connectivity index (χ1) is 12.4. The van der Waals surface area contributed by atoms with Crippen LogP contribution < -0.4 is 0 Å². The van der Waals surface area contributed by atoms with Gasteiger partial charge in [-0.25, -0.2) is 13.2 Å². The fourth-order valence-corrected chi connectivity index (χ4v) is 4.19. The summed E-state index contributed by atoms with van der Waals surface area (Å²) in [4.78, 5) is 26.4. The van der Waals surface area contributed by atoms with Crippen LogP contribution in [0.5, 0.6) is 0 Å². The van der Waals surface area contributed by atoms with Crippen molar-refractivity contribution in [3.8, 4) is 0 Å². The van der Waals surface area contributed by atoms with E-state index in [-0.39, 0.29) is 25.6 Å². The fourth-order valence-electron chi connectivity index (χ4n) is 3.37. The second kappa shape index (κ2) is 7.98. The molecule has 0 radical (unpaired) electrons. The molecular formula is C19H28N2O5S. The number of piperazine rings is 1. The normalized spacial score (nSPS) is 15.7. The molecule has 1 fully saturated rings. The number of rotatable bonds is 4. The Morgan fingerprint density at radius 2 is 1.30 bits per heavy atom. The van der Waals surface area contributed by atoms with Crippen LogP contribution in [0.15, 0.2) is 0 Å². The molecule has 27 heavy (non-hydrogen) atoms. The number of esters is 1. The van der Waals surface area contributed by atoms with Gasteiger partial charge in [0.05, 0.1) is 11.8 Å². The summed E-state index contributed by atoms with van der Waals surface area (Å²) in [6, 6.07) is 0. The monoisotopic (exact) mass is 396 g/mol. The van der Waals surface area contributed by atoms with Crippen LogP contribution in [0.1, 0.15) is 38.2 Å². The third-order valence-electron chi connectivity index (χ3n) is 5.59. The van der Waals surface area contributed by atoms with Crippen molar-refractivity contribution in [3.63, 3.8) is 0 Å². The molecule has 0 N–H and O–H groups in total. The van der Waals surface area contributed by atoms with E-state index in [0.717, 1.165) is 34.1 Å². The van der Waals surface area contributed by atoms with Gasteiger partial charge in [-0.2, -0.15) is 4.31 Å². The molecule has 0 bridgehead atoms. The molecule has 1 aromatic carbocycles. The molecule has 2 rings (SSSR count). The molecule has 0 atom stereocenters. The summed E-state index contributed by atoms with van der Waals surface area (Å²) in [6.07, 6.45) is 1.16. The third-order valence-corrected chi connectivity index (χ3v) is 6.89. The van der Waals surface area contributed by atoms with E-state index < -0.39 is 16.0 Å². The van der Waals surface area contributed by atoms with E-state index in [4.69, 9.17) is 4.74 Å². The van der Waals surface area contributed by atoms with Crippen LogP contribution in [0.2, 0.25) is 0 Å². The predicted octanol–water partition coefficient (Wildman–Crippen LogP) is 1.49. The van der Waals surface area contributed by atoms with Gasteiger partial charge in [0.25, 0.3) is 5.91 Å². The molecule has 150 valence electrons. The lowest BCUT2D eigenvalue weighted by Crippen LogP contribution is -2.51. The van der Waals surface area contributed by atoms with E-state index in [0.29, 0.717) is 18.7 Å². The van der Waals surface area contributed by atoms with Crippen molar-refractivity contribution in [1.82, 2.24) is 9.21 Å². The van der Waals surface area contributed by atoms with Crippen molar-refractivity contribution in [3.05, 3.63) is 33.4 Å². The van der Waals surface area contributed by atoms with E-state index in [2.05, 4.69) is 0 Å². The summed E-state index contributed by atoms with van der Waals surface area (Å²) in [5.74, 6) is -0.813. The lowest BCUT2D eigenvalue weighted by Gasteiger charge is -2.33. The largest absolute Gasteiger partial charge is 0.452 e. The molecule has 0 spiro atoms.